The van der Waals surface area contributed by atoms with Crippen LogP contribution in [0.2, 0.25) is 5.02 Å². The van der Waals surface area contributed by atoms with E-state index in [-0.39, 0.29) is 24.6 Å². The fourth-order valence-electron chi connectivity index (χ4n) is 4.89. The van der Waals surface area contributed by atoms with Crippen LogP contribution in [-0.4, -0.2) is 37.6 Å². The minimum Gasteiger partial charge on any atom is -0.449 e. The Hall–Kier alpha value is -3.20. The summed E-state index contributed by atoms with van der Waals surface area (Å²) in [5.41, 5.74) is 3.85. The van der Waals surface area contributed by atoms with E-state index in [0.717, 1.165) is 34.4 Å². The molecule has 0 unspecified atom stereocenters. The molecule has 5 rings (SSSR count). The van der Waals surface area contributed by atoms with Crippen molar-refractivity contribution in [3.63, 3.8) is 0 Å². The van der Waals surface area contributed by atoms with Gasteiger partial charge in [0.15, 0.2) is 0 Å². The van der Waals surface area contributed by atoms with Crippen molar-refractivity contribution in [3.8, 4) is 11.1 Å². The Morgan fingerprint density at radius 3 is 2.03 bits per heavy atom. The van der Waals surface area contributed by atoms with Gasteiger partial charge in [-0.2, -0.15) is 0 Å². The number of fused-ring (bicyclic) bond motifs is 3. The molecule has 3 aromatic rings. The normalized spacial score (nSPS) is 17.6. The SMILES string of the molecule is CC1(C)OB(C(=Cc2cc(F)c(Cl)c(F)c2)CNC(=O)OCC2c3ccccc3-c3ccccc32)OC1(C)C. The van der Waals surface area contributed by atoms with Gasteiger partial charge in [-0.25, -0.2) is 13.6 Å². The highest BCUT2D eigenvalue weighted by Crippen LogP contribution is 2.44. The fraction of sp³-hybridized carbons (Fsp3) is 0.300. The van der Waals surface area contributed by atoms with E-state index in [2.05, 4.69) is 17.4 Å². The number of carbonyl (C=O) groups excluding carboxylic acids is 1. The van der Waals surface area contributed by atoms with E-state index in [1.165, 1.54) is 6.08 Å². The molecule has 1 fully saturated rings. The van der Waals surface area contributed by atoms with E-state index < -0.39 is 41.1 Å². The minimum atomic E-state index is -0.888. The van der Waals surface area contributed by atoms with Gasteiger partial charge in [0.2, 0.25) is 0 Å². The molecule has 0 radical (unpaired) electrons. The predicted octanol–water partition coefficient (Wildman–Crippen LogP) is 7.17. The first-order valence-electron chi connectivity index (χ1n) is 12.8. The Morgan fingerprint density at radius 2 is 1.49 bits per heavy atom. The van der Waals surface area contributed by atoms with Crippen LogP contribution in [0.3, 0.4) is 0 Å². The molecule has 1 aliphatic heterocycles. The summed E-state index contributed by atoms with van der Waals surface area (Å²) < 4.78 is 46.2. The smallest absolute Gasteiger partial charge is 0.449 e. The van der Waals surface area contributed by atoms with Crippen LogP contribution in [0.25, 0.3) is 17.2 Å². The van der Waals surface area contributed by atoms with Crippen molar-refractivity contribution < 1.29 is 27.6 Å². The lowest BCUT2D eigenvalue weighted by Crippen LogP contribution is -2.41. The molecule has 1 aliphatic carbocycles. The van der Waals surface area contributed by atoms with Gasteiger partial charge in [0, 0.05) is 12.5 Å². The van der Waals surface area contributed by atoms with E-state index in [1.807, 2.05) is 64.1 Å². The van der Waals surface area contributed by atoms with Crippen LogP contribution in [0.15, 0.2) is 66.1 Å². The van der Waals surface area contributed by atoms with E-state index in [0.29, 0.717) is 5.47 Å². The third-order valence-electron chi connectivity index (χ3n) is 7.69. The van der Waals surface area contributed by atoms with E-state index in [4.69, 9.17) is 25.6 Å². The van der Waals surface area contributed by atoms with Gasteiger partial charge in [0.05, 0.1) is 11.2 Å². The molecule has 1 amide bonds. The molecule has 0 atom stereocenters. The number of amides is 1. The average molecular weight is 552 g/mol. The van der Waals surface area contributed by atoms with E-state index in [1.54, 1.807) is 0 Å². The van der Waals surface area contributed by atoms with Gasteiger partial charge in [-0.15, -0.1) is 0 Å². The van der Waals surface area contributed by atoms with Crippen LogP contribution >= 0.6 is 11.6 Å². The maximum atomic E-state index is 14.1. The summed E-state index contributed by atoms with van der Waals surface area (Å²) in [5.74, 6) is -1.86. The van der Waals surface area contributed by atoms with Gasteiger partial charge in [0.1, 0.15) is 23.3 Å². The Labute approximate surface area is 232 Å². The number of hydrogen-bond donors (Lipinski definition) is 1. The molecule has 202 valence electrons. The summed E-state index contributed by atoms with van der Waals surface area (Å²) in [6.45, 7) is 7.70. The summed E-state index contributed by atoms with van der Waals surface area (Å²) in [7, 11) is -0.856. The van der Waals surface area contributed by atoms with Crippen molar-refractivity contribution in [2.45, 2.75) is 44.8 Å². The molecular weight excluding hydrogens is 523 g/mol. The van der Waals surface area contributed by atoms with Crippen LogP contribution in [0.4, 0.5) is 13.6 Å². The van der Waals surface area contributed by atoms with Crippen molar-refractivity contribution >= 4 is 30.9 Å². The number of carbonyl (C=O) groups is 1. The lowest BCUT2D eigenvalue weighted by molar-refractivity contribution is 0.00578. The zero-order chi connectivity index (χ0) is 27.9. The third-order valence-corrected chi connectivity index (χ3v) is 8.06. The van der Waals surface area contributed by atoms with Gasteiger partial charge in [-0.3, -0.25) is 0 Å². The largest absolute Gasteiger partial charge is 0.492 e. The topological polar surface area (TPSA) is 56.8 Å². The van der Waals surface area contributed by atoms with Crippen LogP contribution in [0.5, 0.6) is 0 Å². The van der Waals surface area contributed by atoms with Crippen LogP contribution in [0, 0.1) is 11.6 Å². The fourth-order valence-corrected chi connectivity index (χ4v) is 5.00. The summed E-state index contributed by atoms with van der Waals surface area (Å²) in [6, 6.07) is 18.4. The molecule has 0 aromatic heterocycles. The molecule has 0 saturated carbocycles. The van der Waals surface area contributed by atoms with Crippen LogP contribution < -0.4 is 5.32 Å². The van der Waals surface area contributed by atoms with Gasteiger partial charge in [-0.05, 0) is 73.1 Å². The number of rotatable bonds is 6. The Bertz CT molecular complexity index is 1370. The summed E-state index contributed by atoms with van der Waals surface area (Å²) >= 11 is 5.65. The number of halogens is 3. The summed E-state index contributed by atoms with van der Waals surface area (Å²) in [4.78, 5) is 12.8. The molecule has 2 aliphatic rings. The molecule has 1 saturated heterocycles. The maximum Gasteiger partial charge on any atom is 0.492 e. The highest BCUT2D eigenvalue weighted by Gasteiger charge is 2.52. The van der Waals surface area contributed by atoms with Crippen molar-refractivity contribution in [3.05, 3.63) is 99.5 Å². The lowest BCUT2D eigenvalue weighted by Gasteiger charge is -2.32. The number of nitrogens with one attached hydrogen (secondary N) is 1. The minimum absolute atomic E-state index is 0.0284. The second kappa shape index (κ2) is 10.4. The number of benzene rings is 3. The molecule has 39 heavy (non-hydrogen) atoms. The predicted molar refractivity (Wildman–Crippen MR) is 148 cm³/mol. The Balaban J connectivity index is 1.32. The molecule has 1 heterocycles. The van der Waals surface area contributed by atoms with Gasteiger partial charge in [-0.1, -0.05) is 66.2 Å². The number of alkyl carbamates (subject to hydrolysis) is 1. The first-order valence-corrected chi connectivity index (χ1v) is 13.1. The Morgan fingerprint density at radius 1 is 0.974 bits per heavy atom. The maximum absolute atomic E-state index is 14.1. The molecule has 9 heteroatoms. The Kier molecular flexibility index (Phi) is 7.31. The lowest BCUT2D eigenvalue weighted by atomic mass is 9.77. The monoisotopic (exact) mass is 551 g/mol. The van der Waals surface area contributed by atoms with E-state index in [9.17, 15) is 13.6 Å². The highest BCUT2D eigenvalue weighted by molar-refractivity contribution is 6.56. The van der Waals surface area contributed by atoms with Gasteiger partial charge >= 0.3 is 13.2 Å². The average Bonchev–Trinajstić information content (AvgIpc) is 3.32. The number of ether oxygens (including phenoxy) is 1. The van der Waals surface area contributed by atoms with Crippen molar-refractivity contribution in [1.29, 1.82) is 0 Å². The first kappa shape index (κ1) is 27.4. The van der Waals surface area contributed by atoms with Crippen LogP contribution in [-0.2, 0) is 14.0 Å². The third kappa shape index (κ3) is 5.33. The molecule has 3 aromatic carbocycles. The first-order chi connectivity index (χ1) is 18.5. The molecule has 1 N–H and O–H groups in total. The summed E-state index contributed by atoms with van der Waals surface area (Å²) in [5, 5.41) is 2.16. The highest BCUT2D eigenvalue weighted by atomic mass is 35.5. The molecule has 0 spiro atoms. The number of hydrogen-bond acceptors (Lipinski definition) is 4. The van der Waals surface area contributed by atoms with Gasteiger partial charge in [0.25, 0.3) is 0 Å². The second-order valence-electron chi connectivity index (χ2n) is 10.8. The van der Waals surface area contributed by atoms with Crippen molar-refractivity contribution in [2.24, 2.45) is 0 Å². The standard InChI is InChI=1S/C30H29BClF2NO4/c1-29(2)30(3,4)39-31(38-29)19(13-18-14-25(33)27(32)26(34)15-18)16-35-28(36)37-17-24-22-11-7-5-9-20(22)21-10-6-8-12-23(21)24/h5-15,24H,16-17H2,1-4H3,(H,35,36). The van der Waals surface area contributed by atoms with E-state index >= 15 is 0 Å². The quantitative estimate of drug-likeness (QED) is 0.261. The van der Waals surface area contributed by atoms with Crippen LogP contribution in [0.1, 0.15) is 50.3 Å². The molecule has 0 bridgehead atoms. The second-order valence-corrected chi connectivity index (χ2v) is 11.2. The van der Waals surface area contributed by atoms with Crippen molar-refractivity contribution in [2.75, 3.05) is 13.2 Å². The molecule has 5 nitrogen and oxygen atoms in total. The molecular formula is C30H29BClF2NO4. The van der Waals surface area contributed by atoms with Gasteiger partial charge < -0.3 is 19.4 Å². The zero-order valence-corrected chi connectivity index (χ0v) is 22.9. The van der Waals surface area contributed by atoms with Crippen molar-refractivity contribution in [1.82, 2.24) is 5.32 Å². The zero-order valence-electron chi connectivity index (χ0n) is 22.2. The summed E-state index contributed by atoms with van der Waals surface area (Å²) in [6.07, 6.45) is 0.890.